The van der Waals surface area contributed by atoms with E-state index in [0.717, 1.165) is 25.7 Å². The molecule has 0 aromatic carbocycles. The van der Waals surface area contributed by atoms with Gasteiger partial charge in [-0.15, -0.1) is 0 Å². The van der Waals surface area contributed by atoms with Crippen molar-refractivity contribution in [1.29, 1.82) is 0 Å². The van der Waals surface area contributed by atoms with Gasteiger partial charge in [0.25, 0.3) is 0 Å². The largest absolute Gasteiger partial charge is 0.396 e. The Morgan fingerprint density at radius 3 is 0.463 bits per heavy atom. The predicted octanol–water partition coefficient (Wildman–Crippen LogP) is 10.9. The van der Waals surface area contributed by atoms with Gasteiger partial charge in [-0.2, -0.15) is 0 Å². The first-order valence-electron chi connectivity index (χ1n) is 18.1. The summed E-state index contributed by atoms with van der Waals surface area (Å²) in [5, 5.41) is 33.9. The van der Waals surface area contributed by atoms with Crippen molar-refractivity contribution in [1.82, 2.24) is 0 Å². The van der Waals surface area contributed by atoms with E-state index in [0.29, 0.717) is 26.4 Å². The first-order valence-corrected chi connectivity index (χ1v) is 18.1. The molecule has 0 aliphatic heterocycles. The maximum absolute atomic E-state index is 8.47. The number of unbranched alkanes of at least 4 members (excludes halogenated alkanes) is 24. The average molecular weight is 668 g/mol. The van der Waals surface area contributed by atoms with Crippen LogP contribution in [0.15, 0.2) is 0 Å². The van der Waals surface area contributed by atoms with Crippen molar-refractivity contribution in [3.05, 3.63) is 0 Å². The van der Waals surface area contributed by atoms with Crippen molar-refractivity contribution >= 4 is 0 Å². The van der Waals surface area contributed by atoms with Gasteiger partial charge >= 0.3 is 0 Å². The molecule has 4 nitrogen and oxygen atoms in total. The minimum absolute atomic E-state index is 0. The molecule has 0 saturated carbocycles. The Bertz CT molecular complexity index is 250. The van der Waals surface area contributed by atoms with Crippen molar-refractivity contribution in [2.24, 2.45) is 0 Å². The Morgan fingerprint density at radius 2 is 0.341 bits per heavy atom. The maximum Gasteiger partial charge on any atom is 0.0431 e. The fraction of sp³-hybridized carbons (Fsp3) is 1.00. The molecule has 0 aromatic heterocycles. The van der Waals surface area contributed by atoms with Crippen LogP contribution in [0.5, 0.6) is 0 Å². The second-order valence-corrected chi connectivity index (χ2v) is 11.4. The van der Waals surface area contributed by atoms with E-state index in [1.165, 1.54) is 154 Å². The first-order chi connectivity index (χ1) is 19.7. The molecular weight excluding hydrogens is 588 g/mol. The summed E-state index contributed by atoms with van der Waals surface area (Å²) in [6.45, 7) is 10.4. The molecule has 0 rings (SSSR count). The van der Waals surface area contributed by atoms with Crippen LogP contribution in [-0.4, -0.2) is 46.9 Å². The predicted molar refractivity (Wildman–Crippen MR) is 180 cm³/mol. The molecule has 5 heteroatoms. The Morgan fingerprint density at radius 1 is 0.220 bits per heavy atom. The molecule has 0 aliphatic rings. The summed E-state index contributed by atoms with van der Waals surface area (Å²) < 4.78 is 0. The van der Waals surface area contributed by atoms with Gasteiger partial charge in [0.15, 0.2) is 0 Å². The topological polar surface area (TPSA) is 80.9 Å². The van der Waals surface area contributed by atoms with Crippen LogP contribution in [-0.2, 0) is 26.2 Å². The van der Waals surface area contributed by atoms with Gasteiger partial charge in [-0.25, -0.2) is 0 Å². The Balaban J connectivity index is -0.000000139. The summed E-state index contributed by atoms with van der Waals surface area (Å²) in [5.74, 6) is 0. The van der Waals surface area contributed by atoms with Crippen molar-refractivity contribution in [2.75, 3.05) is 26.4 Å². The van der Waals surface area contributed by atoms with Crippen LogP contribution in [0.1, 0.15) is 207 Å². The van der Waals surface area contributed by atoms with E-state index in [2.05, 4.69) is 27.7 Å². The fourth-order valence-corrected chi connectivity index (χ4v) is 4.28. The molecule has 0 radical (unpaired) electrons. The Hall–Kier alpha value is 0.723. The number of hydrogen-bond acceptors (Lipinski definition) is 4. The average Bonchev–Trinajstić information content (AvgIpc) is 2.97. The summed E-state index contributed by atoms with van der Waals surface area (Å²) in [5.41, 5.74) is 0. The quantitative estimate of drug-likeness (QED) is 0.0626. The van der Waals surface area contributed by atoms with Gasteiger partial charge in [0, 0.05) is 52.6 Å². The third-order valence-corrected chi connectivity index (χ3v) is 7.05. The summed E-state index contributed by atoms with van der Waals surface area (Å²) in [7, 11) is 0. The van der Waals surface area contributed by atoms with Crippen molar-refractivity contribution in [3.8, 4) is 0 Å². The van der Waals surface area contributed by atoms with E-state index < -0.39 is 0 Å². The van der Waals surface area contributed by atoms with Crippen LogP contribution in [0.25, 0.3) is 0 Å². The van der Waals surface area contributed by atoms with Crippen molar-refractivity contribution < 1.29 is 46.6 Å². The van der Waals surface area contributed by atoms with E-state index in [4.69, 9.17) is 20.4 Å². The molecule has 0 atom stereocenters. The molecule has 0 aliphatic carbocycles. The molecule has 0 unspecified atom stereocenters. The number of aliphatic hydroxyl groups excluding tert-OH is 4. The second kappa shape index (κ2) is 60.0. The zero-order valence-corrected chi connectivity index (χ0v) is 31.4. The molecular formula is C36H80O4Zr. The maximum atomic E-state index is 8.47. The zero-order valence-electron chi connectivity index (χ0n) is 28.9. The molecule has 0 saturated heterocycles. The monoisotopic (exact) mass is 667 g/mol. The number of aliphatic hydroxyl groups is 4. The summed E-state index contributed by atoms with van der Waals surface area (Å²) in [6.07, 6.45) is 35.7. The van der Waals surface area contributed by atoms with Crippen LogP contribution in [0.4, 0.5) is 0 Å². The van der Waals surface area contributed by atoms with E-state index in [9.17, 15) is 0 Å². The standard InChI is InChI=1S/4C9H20O.Zr/c4*1-2-3-4-5-6-7-8-9-10;/h4*10H,2-9H2,1H3;. The molecule has 0 amide bonds. The smallest absolute Gasteiger partial charge is 0.0431 e. The summed E-state index contributed by atoms with van der Waals surface area (Å²) >= 11 is 0. The van der Waals surface area contributed by atoms with Crippen LogP contribution in [0, 0.1) is 0 Å². The van der Waals surface area contributed by atoms with Crippen LogP contribution in [0.3, 0.4) is 0 Å². The van der Waals surface area contributed by atoms with Gasteiger partial charge in [-0.1, -0.05) is 182 Å². The van der Waals surface area contributed by atoms with E-state index in [1.54, 1.807) is 0 Å². The van der Waals surface area contributed by atoms with Crippen LogP contribution >= 0.6 is 0 Å². The second-order valence-electron chi connectivity index (χ2n) is 11.4. The summed E-state index contributed by atoms with van der Waals surface area (Å²) in [4.78, 5) is 0. The minimum atomic E-state index is 0. The van der Waals surface area contributed by atoms with Gasteiger partial charge < -0.3 is 20.4 Å². The molecule has 4 N–H and O–H groups in total. The molecule has 0 bridgehead atoms. The molecule has 0 heterocycles. The fourth-order valence-electron chi connectivity index (χ4n) is 4.28. The minimum Gasteiger partial charge on any atom is -0.396 e. The zero-order chi connectivity index (χ0) is 30.6. The van der Waals surface area contributed by atoms with E-state index in [1.807, 2.05) is 0 Å². The third kappa shape index (κ3) is 74.0. The van der Waals surface area contributed by atoms with Crippen LogP contribution < -0.4 is 0 Å². The Kier molecular flexibility index (Phi) is 75.1. The molecule has 0 aromatic rings. The first kappa shape index (κ1) is 51.3. The Labute approximate surface area is 279 Å². The SMILES string of the molecule is CCCCCCCCCO.CCCCCCCCCO.CCCCCCCCCO.CCCCCCCCCO.[Zr]. The van der Waals surface area contributed by atoms with Crippen molar-refractivity contribution in [3.63, 3.8) is 0 Å². The van der Waals surface area contributed by atoms with Gasteiger partial charge in [0.05, 0.1) is 0 Å². The van der Waals surface area contributed by atoms with Gasteiger partial charge in [0.2, 0.25) is 0 Å². The third-order valence-electron chi connectivity index (χ3n) is 7.05. The number of hydrogen-bond donors (Lipinski definition) is 4. The van der Waals surface area contributed by atoms with Gasteiger partial charge in [-0.05, 0) is 25.7 Å². The van der Waals surface area contributed by atoms with E-state index >= 15 is 0 Å². The van der Waals surface area contributed by atoms with Gasteiger partial charge in [-0.3, -0.25) is 0 Å². The van der Waals surface area contributed by atoms with Crippen molar-refractivity contribution in [2.45, 2.75) is 207 Å². The normalized spacial score (nSPS) is 9.95. The van der Waals surface area contributed by atoms with E-state index in [-0.39, 0.29) is 26.2 Å². The molecule has 252 valence electrons. The molecule has 0 fully saturated rings. The summed E-state index contributed by atoms with van der Waals surface area (Å²) in [6, 6.07) is 0. The van der Waals surface area contributed by atoms with Gasteiger partial charge in [0.1, 0.15) is 0 Å². The number of rotatable bonds is 28. The van der Waals surface area contributed by atoms with Crippen LogP contribution in [0.2, 0.25) is 0 Å². The molecule has 41 heavy (non-hydrogen) atoms. The molecule has 0 spiro atoms.